The first kappa shape index (κ1) is 19.1. The van der Waals surface area contributed by atoms with E-state index < -0.39 is 0 Å². The second-order valence-corrected chi connectivity index (χ2v) is 10.5. The Balaban J connectivity index is 1.36. The van der Waals surface area contributed by atoms with E-state index in [4.69, 9.17) is 4.98 Å². The van der Waals surface area contributed by atoms with Gasteiger partial charge in [0.2, 0.25) is 0 Å². The lowest BCUT2D eigenvalue weighted by Crippen LogP contribution is -2.03. The number of thiophene rings is 1. The molecule has 4 nitrogen and oxygen atoms in total. The first-order chi connectivity index (χ1) is 16.0. The maximum Gasteiger partial charge on any atom is 0.109 e. The van der Waals surface area contributed by atoms with E-state index in [-0.39, 0.29) is 0 Å². The van der Waals surface area contributed by atoms with Crippen molar-refractivity contribution in [1.82, 2.24) is 19.9 Å². The van der Waals surface area contributed by atoms with E-state index in [0.717, 1.165) is 35.5 Å². The molecule has 162 valence electrons. The van der Waals surface area contributed by atoms with Crippen LogP contribution in [0.4, 0.5) is 0 Å². The molecule has 1 aliphatic carbocycles. The summed E-state index contributed by atoms with van der Waals surface area (Å²) >= 11 is 1.85. The first-order valence-corrected chi connectivity index (χ1v) is 12.4. The molecule has 0 aliphatic heterocycles. The highest BCUT2D eigenvalue weighted by Crippen LogP contribution is 2.41. The predicted molar refractivity (Wildman–Crippen MR) is 138 cm³/mol. The topological polar surface area (TPSA) is 57.4 Å². The van der Waals surface area contributed by atoms with Crippen molar-refractivity contribution >= 4 is 42.5 Å². The van der Waals surface area contributed by atoms with Gasteiger partial charge in [0.1, 0.15) is 17.2 Å². The second-order valence-electron chi connectivity index (χ2n) is 9.44. The predicted octanol–water partition coefficient (Wildman–Crippen LogP) is 7.52. The Kier molecular flexibility index (Phi) is 3.92. The van der Waals surface area contributed by atoms with Crippen LogP contribution in [0.5, 0.6) is 0 Å². The molecule has 33 heavy (non-hydrogen) atoms. The minimum atomic E-state index is 0.388. The zero-order valence-electron chi connectivity index (χ0n) is 18.9. The van der Waals surface area contributed by atoms with Gasteiger partial charge in [0.15, 0.2) is 0 Å². The third kappa shape index (κ3) is 2.82. The third-order valence-electron chi connectivity index (χ3n) is 6.89. The molecule has 0 amide bonds. The highest BCUT2D eigenvalue weighted by atomic mass is 32.1. The molecule has 3 aromatic carbocycles. The Bertz CT molecular complexity index is 1710. The van der Waals surface area contributed by atoms with Crippen molar-refractivity contribution in [3.63, 3.8) is 0 Å². The quantitative estimate of drug-likeness (QED) is 0.288. The number of aromatic nitrogens is 4. The normalized spacial score (nSPS) is 13.3. The zero-order chi connectivity index (χ0) is 22.3. The van der Waals surface area contributed by atoms with Crippen molar-refractivity contribution in [1.29, 1.82) is 0 Å². The molecule has 7 rings (SSSR count). The van der Waals surface area contributed by atoms with E-state index in [9.17, 15) is 0 Å². The summed E-state index contributed by atoms with van der Waals surface area (Å²) in [4.78, 5) is 16.5. The van der Waals surface area contributed by atoms with E-state index in [1.165, 1.54) is 53.8 Å². The number of hydrogen-bond donors (Lipinski definition) is 2. The molecule has 0 bridgehead atoms. The van der Waals surface area contributed by atoms with Gasteiger partial charge in [-0.25, -0.2) is 9.97 Å². The molecular weight excluding hydrogens is 424 g/mol. The first-order valence-electron chi connectivity index (χ1n) is 11.6. The average Bonchev–Trinajstić information content (AvgIpc) is 3.51. The Morgan fingerprint density at radius 2 is 1.70 bits per heavy atom. The van der Waals surface area contributed by atoms with Crippen LogP contribution in [0.15, 0.2) is 48.5 Å². The van der Waals surface area contributed by atoms with E-state index in [1.54, 1.807) is 0 Å². The summed E-state index contributed by atoms with van der Waals surface area (Å²) in [6.45, 7) is 6.39. The molecule has 0 saturated heterocycles. The largest absolute Gasteiger partial charge is 0.342 e. The van der Waals surface area contributed by atoms with Gasteiger partial charge in [0.05, 0.1) is 21.6 Å². The fourth-order valence-corrected chi connectivity index (χ4v) is 6.43. The summed E-state index contributed by atoms with van der Waals surface area (Å²) < 4.78 is 2.59. The van der Waals surface area contributed by atoms with Gasteiger partial charge in [-0.15, -0.1) is 11.3 Å². The van der Waals surface area contributed by atoms with Crippen molar-refractivity contribution in [2.45, 2.75) is 39.5 Å². The number of H-pyrrole nitrogens is 2. The van der Waals surface area contributed by atoms with Gasteiger partial charge >= 0.3 is 0 Å². The fraction of sp³-hybridized carbons (Fsp3) is 0.214. The number of hydrogen-bond acceptors (Lipinski definition) is 3. The summed E-state index contributed by atoms with van der Waals surface area (Å²) in [5.74, 6) is 2.44. The number of rotatable bonds is 2. The SMILES string of the molecule is Cc1nc2c([nH]1)-c1ccc(-c3ccc4c(c3)sc3c4ccc4[nH]c(C(C)C)nc43)cc1CC2. The molecule has 0 unspecified atom stereocenters. The van der Waals surface area contributed by atoms with Crippen LogP contribution >= 0.6 is 11.3 Å². The lowest BCUT2D eigenvalue weighted by molar-refractivity contribution is 0.799. The van der Waals surface area contributed by atoms with Gasteiger partial charge in [-0.05, 0) is 48.6 Å². The molecule has 6 aromatic rings. The number of fused-ring (bicyclic) bond motifs is 8. The van der Waals surface area contributed by atoms with Gasteiger partial charge in [-0.2, -0.15) is 0 Å². The Hall–Kier alpha value is -3.44. The third-order valence-corrected chi connectivity index (χ3v) is 8.07. The molecule has 0 saturated carbocycles. The number of aromatic amines is 2. The van der Waals surface area contributed by atoms with Crippen LogP contribution < -0.4 is 0 Å². The van der Waals surface area contributed by atoms with Gasteiger partial charge in [-0.1, -0.05) is 50.2 Å². The molecular formula is C28H24N4S. The van der Waals surface area contributed by atoms with E-state index in [1.807, 2.05) is 18.3 Å². The van der Waals surface area contributed by atoms with Crippen molar-refractivity contribution in [3.05, 3.63) is 71.4 Å². The Labute approximate surface area is 195 Å². The molecule has 0 radical (unpaired) electrons. The summed E-state index contributed by atoms with van der Waals surface area (Å²) in [6, 6.07) is 18.2. The minimum absolute atomic E-state index is 0.388. The van der Waals surface area contributed by atoms with Crippen LogP contribution in [0, 0.1) is 6.92 Å². The summed E-state index contributed by atoms with van der Waals surface area (Å²) in [5.41, 5.74) is 9.86. The van der Waals surface area contributed by atoms with E-state index >= 15 is 0 Å². The highest BCUT2D eigenvalue weighted by molar-refractivity contribution is 7.26. The number of nitrogens with zero attached hydrogens (tertiary/aromatic N) is 2. The molecule has 0 atom stereocenters. The fourth-order valence-electron chi connectivity index (χ4n) is 5.20. The Morgan fingerprint density at radius 1 is 0.879 bits per heavy atom. The van der Waals surface area contributed by atoms with Gasteiger partial charge in [0.25, 0.3) is 0 Å². The number of nitrogens with one attached hydrogen (secondary N) is 2. The molecule has 5 heteroatoms. The van der Waals surface area contributed by atoms with Crippen LogP contribution in [0.3, 0.4) is 0 Å². The van der Waals surface area contributed by atoms with Gasteiger partial charge in [0, 0.05) is 27.0 Å². The Morgan fingerprint density at radius 3 is 2.58 bits per heavy atom. The smallest absolute Gasteiger partial charge is 0.109 e. The van der Waals surface area contributed by atoms with Gasteiger partial charge in [-0.3, -0.25) is 0 Å². The standard InChI is InChI=1S/C28H24N4S/c1-14(2)28-31-23-11-9-21-20-8-5-17(13-24(20)33-27(21)26(23)32-28)16-4-7-19-18(12-16)6-10-22-25(19)30-15(3)29-22/h4-5,7-9,11-14H,6,10H2,1-3H3,(H,29,30)(H,31,32). The van der Waals surface area contributed by atoms with Crippen molar-refractivity contribution in [3.8, 4) is 22.4 Å². The lowest BCUT2D eigenvalue weighted by atomic mass is 9.89. The van der Waals surface area contributed by atoms with E-state index in [2.05, 4.69) is 77.3 Å². The van der Waals surface area contributed by atoms with E-state index in [0.29, 0.717) is 5.92 Å². The lowest BCUT2D eigenvalue weighted by Gasteiger charge is -2.16. The van der Waals surface area contributed by atoms with Crippen LogP contribution in [0.25, 0.3) is 53.6 Å². The number of benzene rings is 3. The van der Waals surface area contributed by atoms with Gasteiger partial charge < -0.3 is 9.97 Å². The monoisotopic (exact) mass is 448 g/mol. The molecule has 0 spiro atoms. The number of imidazole rings is 2. The summed E-state index contributed by atoms with van der Waals surface area (Å²) in [5, 5.41) is 2.61. The van der Waals surface area contributed by atoms with Crippen molar-refractivity contribution < 1.29 is 0 Å². The second kappa shape index (κ2) is 6.78. The average molecular weight is 449 g/mol. The minimum Gasteiger partial charge on any atom is -0.342 e. The van der Waals surface area contributed by atoms with Crippen LogP contribution in [-0.2, 0) is 12.8 Å². The molecule has 3 heterocycles. The summed E-state index contributed by atoms with van der Waals surface area (Å²) in [7, 11) is 0. The highest BCUT2D eigenvalue weighted by Gasteiger charge is 2.20. The maximum absolute atomic E-state index is 4.93. The molecule has 2 N–H and O–H groups in total. The van der Waals surface area contributed by atoms with Crippen LogP contribution in [0.1, 0.15) is 42.7 Å². The molecule has 3 aromatic heterocycles. The number of aryl methyl sites for hydroxylation is 3. The van der Waals surface area contributed by atoms with Crippen molar-refractivity contribution in [2.24, 2.45) is 0 Å². The van der Waals surface area contributed by atoms with Crippen molar-refractivity contribution in [2.75, 3.05) is 0 Å². The van der Waals surface area contributed by atoms with Crippen LogP contribution in [0.2, 0.25) is 0 Å². The molecule has 0 fully saturated rings. The molecule has 1 aliphatic rings. The maximum atomic E-state index is 4.93. The zero-order valence-corrected chi connectivity index (χ0v) is 19.7. The van der Waals surface area contributed by atoms with Crippen LogP contribution in [-0.4, -0.2) is 19.9 Å². The summed E-state index contributed by atoms with van der Waals surface area (Å²) in [6.07, 6.45) is 2.05.